The number of aromatic nitrogens is 1. The number of benzene rings is 1. The highest BCUT2D eigenvalue weighted by molar-refractivity contribution is 6.33. The van der Waals surface area contributed by atoms with Gasteiger partial charge in [-0.2, -0.15) is 0 Å². The van der Waals surface area contributed by atoms with Crippen molar-refractivity contribution in [3.8, 4) is 0 Å². The molecule has 1 heterocycles. The minimum absolute atomic E-state index is 0.0265. The van der Waals surface area contributed by atoms with E-state index in [2.05, 4.69) is 10.4 Å². The molecule has 2 aromatic rings. The molecule has 24 heavy (non-hydrogen) atoms. The van der Waals surface area contributed by atoms with Gasteiger partial charge in [-0.3, -0.25) is 20.0 Å². The van der Waals surface area contributed by atoms with Crippen LogP contribution in [0.25, 0.3) is 0 Å². The van der Waals surface area contributed by atoms with Crippen LogP contribution in [-0.2, 0) is 0 Å². The summed E-state index contributed by atoms with van der Waals surface area (Å²) in [6.45, 7) is 5.25. The standard InChI is InChI=1S/C17H17ClFN3O2/c1-17(2,3)22(21-15(23)14-6-4-5-9-20-14)16(24)12-8-7-11(19)10-13(12)18/h4-10H,1-3H3,(H,21,23). The average molecular weight is 350 g/mol. The maximum absolute atomic E-state index is 13.2. The van der Waals surface area contributed by atoms with Gasteiger partial charge in [-0.25, -0.2) is 9.40 Å². The topological polar surface area (TPSA) is 62.3 Å². The molecular weight excluding hydrogens is 333 g/mol. The Morgan fingerprint density at radius 2 is 1.92 bits per heavy atom. The van der Waals surface area contributed by atoms with Crippen molar-refractivity contribution in [2.75, 3.05) is 0 Å². The van der Waals surface area contributed by atoms with Crippen molar-refractivity contribution in [3.05, 3.63) is 64.7 Å². The molecule has 1 aromatic heterocycles. The van der Waals surface area contributed by atoms with Crippen molar-refractivity contribution in [2.45, 2.75) is 26.3 Å². The lowest BCUT2D eigenvalue weighted by molar-refractivity contribution is 0.0357. The van der Waals surface area contributed by atoms with Crippen molar-refractivity contribution in [3.63, 3.8) is 0 Å². The van der Waals surface area contributed by atoms with E-state index in [-0.39, 0.29) is 16.3 Å². The summed E-state index contributed by atoms with van der Waals surface area (Å²) in [5, 5.41) is 1.13. The highest BCUT2D eigenvalue weighted by atomic mass is 35.5. The first kappa shape index (κ1) is 17.9. The van der Waals surface area contributed by atoms with Crippen LogP contribution in [0.2, 0.25) is 5.02 Å². The van der Waals surface area contributed by atoms with Gasteiger partial charge in [-0.05, 0) is 51.1 Å². The van der Waals surface area contributed by atoms with Crippen LogP contribution in [0.5, 0.6) is 0 Å². The van der Waals surface area contributed by atoms with Crippen LogP contribution in [0, 0.1) is 5.82 Å². The minimum Gasteiger partial charge on any atom is -0.267 e. The van der Waals surface area contributed by atoms with Crippen molar-refractivity contribution in [2.24, 2.45) is 0 Å². The summed E-state index contributed by atoms with van der Waals surface area (Å²) >= 11 is 5.96. The summed E-state index contributed by atoms with van der Waals surface area (Å²) in [5.41, 5.74) is 2.07. The summed E-state index contributed by atoms with van der Waals surface area (Å²) < 4.78 is 13.2. The first-order valence-corrected chi connectivity index (χ1v) is 7.59. The van der Waals surface area contributed by atoms with E-state index in [0.29, 0.717) is 0 Å². The highest BCUT2D eigenvalue weighted by Crippen LogP contribution is 2.22. The molecule has 2 amide bonds. The van der Waals surface area contributed by atoms with Crippen LogP contribution in [-0.4, -0.2) is 27.3 Å². The van der Waals surface area contributed by atoms with E-state index >= 15 is 0 Å². The van der Waals surface area contributed by atoms with E-state index in [0.717, 1.165) is 17.1 Å². The van der Waals surface area contributed by atoms with Crippen molar-refractivity contribution < 1.29 is 14.0 Å². The molecule has 0 fully saturated rings. The molecule has 0 aliphatic rings. The van der Waals surface area contributed by atoms with Gasteiger partial charge in [0.1, 0.15) is 11.5 Å². The van der Waals surface area contributed by atoms with Crippen molar-refractivity contribution in [1.29, 1.82) is 0 Å². The third kappa shape index (κ3) is 4.08. The summed E-state index contributed by atoms with van der Waals surface area (Å²) in [5.74, 6) is -1.62. The van der Waals surface area contributed by atoms with Crippen LogP contribution in [0.1, 0.15) is 41.6 Å². The number of pyridine rings is 1. The molecule has 126 valence electrons. The van der Waals surface area contributed by atoms with Gasteiger partial charge in [0.25, 0.3) is 11.8 Å². The highest BCUT2D eigenvalue weighted by Gasteiger charge is 2.31. The number of amides is 2. The number of halogens is 2. The van der Waals surface area contributed by atoms with E-state index < -0.39 is 23.2 Å². The predicted molar refractivity (Wildman–Crippen MR) is 89.0 cm³/mol. The summed E-state index contributed by atoms with van der Waals surface area (Å²) in [6, 6.07) is 8.36. The minimum atomic E-state index is -0.737. The Hall–Kier alpha value is -2.47. The van der Waals surface area contributed by atoms with Crippen LogP contribution in [0.3, 0.4) is 0 Å². The van der Waals surface area contributed by atoms with Crippen molar-refractivity contribution in [1.82, 2.24) is 15.4 Å². The molecule has 5 nitrogen and oxygen atoms in total. The molecule has 0 atom stereocenters. The number of nitrogens with one attached hydrogen (secondary N) is 1. The maximum Gasteiger partial charge on any atom is 0.288 e. The predicted octanol–water partition coefficient (Wildman–Crippen LogP) is 3.46. The molecule has 7 heteroatoms. The lowest BCUT2D eigenvalue weighted by atomic mass is 10.1. The zero-order valence-corrected chi connectivity index (χ0v) is 14.3. The number of hydrazine groups is 1. The second-order valence-corrected chi connectivity index (χ2v) is 6.50. The summed E-state index contributed by atoms with van der Waals surface area (Å²) in [7, 11) is 0. The fourth-order valence-electron chi connectivity index (χ4n) is 1.96. The van der Waals surface area contributed by atoms with Crippen molar-refractivity contribution >= 4 is 23.4 Å². The van der Waals surface area contributed by atoms with Gasteiger partial charge < -0.3 is 0 Å². The quantitative estimate of drug-likeness (QED) is 0.844. The Morgan fingerprint density at radius 3 is 2.46 bits per heavy atom. The number of carbonyl (C=O) groups is 2. The van der Waals surface area contributed by atoms with Crippen LogP contribution < -0.4 is 5.43 Å². The number of carbonyl (C=O) groups excluding carboxylic acids is 2. The number of rotatable bonds is 2. The third-order valence-electron chi connectivity index (χ3n) is 3.15. The van der Waals surface area contributed by atoms with Gasteiger partial charge in [0.2, 0.25) is 0 Å². The van der Waals surface area contributed by atoms with Crippen LogP contribution in [0.15, 0.2) is 42.6 Å². The molecule has 0 spiro atoms. The number of hydrogen-bond donors (Lipinski definition) is 1. The molecule has 0 saturated carbocycles. The van der Waals surface area contributed by atoms with Gasteiger partial charge in [0.05, 0.1) is 16.1 Å². The van der Waals surface area contributed by atoms with Crippen LogP contribution in [0.4, 0.5) is 4.39 Å². The molecule has 1 aromatic carbocycles. The Bertz CT molecular complexity index is 760. The van der Waals surface area contributed by atoms with Crippen LogP contribution >= 0.6 is 11.6 Å². The van der Waals surface area contributed by atoms with E-state index in [1.54, 1.807) is 32.9 Å². The monoisotopic (exact) mass is 349 g/mol. The second-order valence-electron chi connectivity index (χ2n) is 6.09. The molecule has 0 saturated heterocycles. The van der Waals surface area contributed by atoms with Gasteiger partial charge in [0, 0.05) is 6.20 Å². The SMILES string of the molecule is CC(C)(C)N(NC(=O)c1ccccn1)C(=O)c1ccc(F)cc1Cl. The van der Waals surface area contributed by atoms with Gasteiger partial charge in [0.15, 0.2) is 0 Å². The Morgan fingerprint density at radius 1 is 1.21 bits per heavy atom. The zero-order chi connectivity index (χ0) is 17.9. The van der Waals surface area contributed by atoms with E-state index in [9.17, 15) is 14.0 Å². The third-order valence-corrected chi connectivity index (χ3v) is 3.46. The maximum atomic E-state index is 13.2. The second kappa shape index (κ2) is 6.97. The van der Waals surface area contributed by atoms with E-state index in [4.69, 9.17) is 11.6 Å². The van der Waals surface area contributed by atoms with Gasteiger partial charge >= 0.3 is 0 Å². The Balaban J connectivity index is 2.32. The fraction of sp³-hybridized carbons (Fsp3) is 0.235. The molecular formula is C17H17ClFN3O2. The van der Waals surface area contributed by atoms with E-state index in [1.165, 1.54) is 18.3 Å². The molecule has 0 bridgehead atoms. The first-order valence-electron chi connectivity index (χ1n) is 7.22. The largest absolute Gasteiger partial charge is 0.288 e. The molecule has 0 radical (unpaired) electrons. The van der Waals surface area contributed by atoms with Gasteiger partial charge in [-0.15, -0.1) is 0 Å². The zero-order valence-electron chi connectivity index (χ0n) is 13.5. The summed E-state index contributed by atoms with van der Waals surface area (Å²) in [4.78, 5) is 29.0. The lowest BCUT2D eigenvalue weighted by Gasteiger charge is -2.35. The molecule has 0 aliphatic carbocycles. The normalized spacial score (nSPS) is 11.0. The van der Waals surface area contributed by atoms with Gasteiger partial charge in [-0.1, -0.05) is 17.7 Å². The lowest BCUT2D eigenvalue weighted by Crippen LogP contribution is -2.56. The smallest absolute Gasteiger partial charge is 0.267 e. The Kier molecular flexibility index (Phi) is 5.19. The first-order chi connectivity index (χ1) is 11.2. The molecule has 2 rings (SSSR count). The molecule has 0 unspecified atom stereocenters. The van der Waals surface area contributed by atoms with E-state index in [1.807, 2.05) is 0 Å². The number of nitrogens with zero attached hydrogens (tertiary/aromatic N) is 2. The summed E-state index contributed by atoms with van der Waals surface area (Å²) in [6.07, 6.45) is 1.48. The molecule has 1 N–H and O–H groups in total. The number of hydrogen-bond acceptors (Lipinski definition) is 3. The Labute approximate surface area is 144 Å². The average Bonchev–Trinajstić information content (AvgIpc) is 2.51. The fourth-order valence-corrected chi connectivity index (χ4v) is 2.21. The molecule has 0 aliphatic heterocycles.